The van der Waals surface area contributed by atoms with Gasteiger partial charge in [0.15, 0.2) is 0 Å². The molecule has 1 aromatic rings. The summed E-state index contributed by atoms with van der Waals surface area (Å²) >= 11 is 3.58. The van der Waals surface area contributed by atoms with Gasteiger partial charge in [0.25, 0.3) is 0 Å². The first-order chi connectivity index (χ1) is 7.84. The van der Waals surface area contributed by atoms with E-state index in [1.807, 2.05) is 13.0 Å². The first kappa shape index (κ1) is 12.9. The van der Waals surface area contributed by atoms with Crippen molar-refractivity contribution < 1.29 is 5.11 Å². The number of hydrogen-bond acceptors (Lipinski definition) is 2. The van der Waals surface area contributed by atoms with E-state index in [-0.39, 0.29) is 5.54 Å². The summed E-state index contributed by atoms with van der Waals surface area (Å²) in [5, 5.41) is 10.4. The lowest BCUT2D eigenvalue weighted by molar-refractivity contribution is 0.452. The van der Waals surface area contributed by atoms with Gasteiger partial charge in [-0.3, -0.25) is 0 Å². The van der Waals surface area contributed by atoms with Crippen LogP contribution in [0.2, 0.25) is 0 Å². The van der Waals surface area contributed by atoms with Crippen LogP contribution in [0.3, 0.4) is 0 Å². The molecule has 1 aromatic carbocycles. The van der Waals surface area contributed by atoms with Crippen LogP contribution in [-0.4, -0.2) is 10.6 Å². The van der Waals surface area contributed by atoms with Crippen molar-refractivity contribution in [1.82, 2.24) is 0 Å². The minimum Gasteiger partial charge on any atom is -0.507 e. The highest BCUT2D eigenvalue weighted by molar-refractivity contribution is 9.10. The minimum absolute atomic E-state index is 0.0721. The van der Waals surface area contributed by atoms with Gasteiger partial charge in [-0.25, -0.2) is 0 Å². The lowest BCUT2D eigenvalue weighted by Crippen LogP contribution is -2.25. The Morgan fingerprint density at radius 2 is 2.06 bits per heavy atom. The zero-order valence-corrected chi connectivity index (χ0v) is 12.3. The third kappa shape index (κ3) is 2.50. The number of aromatic hydroxyl groups is 1. The summed E-state index contributed by atoms with van der Waals surface area (Å²) in [6, 6.07) is 2.02. The molecule has 0 aromatic heterocycles. The molecule has 1 saturated carbocycles. The van der Waals surface area contributed by atoms with Crippen LogP contribution < -0.4 is 5.73 Å². The van der Waals surface area contributed by atoms with Gasteiger partial charge in [-0.2, -0.15) is 0 Å². The van der Waals surface area contributed by atoms with Crippen molar-refractivity contribution in [3.63, 3.8) is 0 Å². The molecule has 17 heavy (non-hydrogen) atoms. The predicted octanol–water partition coefficient (Wildman–Crippen LogP) is 3.62. The van der Waals surface area contributed by atoms with Crippen molar-refractivity contribution in [3.8, 4) is 5.75 Å². The van der Waals surface area contributed by atoms with E-state index in [4.69, 9.17) is 5.73 Å². The highest BCUT2D eigenvalue weighted by Gasteiger charge is 2.39. The molecule has 1 fully saturated rings. The van der Waals surface area contributed by atoms with Crippen LogP contribution in [0.4, 0.5) is 0 Å². The van der Waals surface area contributed by atoms with Gasteiger partial charge >= 0.3 is 0 Å². The van der Waals surface area contributed by atoms with Crippen molar-refractivity contribution in [2.45, 2.75) is 51.5 Å². The Kier molecular flexibility index (Phi) is 3.25. The number of nitrogens with two attached hydrogens (primary N) is 1. The zero-order valence-electron chi connectivity index (χ0n) is 10.7. The van der Waals surface area contributed by atoms with Crippen molar-refractivity contribution in [1.29, 1.82) is 0 Å². The molecule has 0 radical (unpaired) electrons. The van der Waals surface area contributed by atoms with Gasteiger partial charge < -0.3 is 10.8 Å². The maximum absolute atomic E-state index is 10.4. The van der Waals surface area contributed by atoms with Crippen molar-refractivity contribution >= 4 is 15.9 Å². The second-order valence-corrected chi connectivity index (χ2v) is 6.45. The molecule has 0 aliphatic heterocycles. The molecule has 1 aliphatic rings. The summed E-state index contributed by atoms with van der Waals surface area (Å²) in [4.78, 5) is 0. The van der Waals surface area contributed by atoms with Gasteiger partial charge in [-0.15, -0.1) is 0 Å². The van der Waals surface area contributed by atoms with E-state index in [0.717, 1.165) is 40.4 Å². The topological polar surface area (TPSA) is 46.2 Å². The fraction of sp³-hybridized carbons (Fsp3) is 0.571. The summed E-state index contributed by atoms with van der Waals surface area (Å²) in [5.74, 6) is 0.760. The fourth-order valence-corrected chi connectivity index (χ4v) is 2.64. The van der Waals surface area contributed by atoms with Gasteiger partial charge in [0.2, 0.25) is 0 Å². The molecule has 3 heteroatoms. The quantitative estimate of drug-likeness (QED) is 0.895. The fourth-order valence-electron chi connectivity index (χ4n) is 2.15. The molecular weight excluding hydrogens is 278 g/mol. The molecule has 0 saturated heterocycles. The monoisotopic (exact) mass is 297 g/mol. The summed E-state index contributed by atoms with van der Waals surface area (Å²) in [7, 11) is 0. The Morgan fingerprint density at radius 1 is 1.47 bits per heavy atom. The molecule has 0 amide bonds. The molecule has 0 atom stereocenters. The van der Waals surface area contributed by atoms with Gasteiger partial charge in [0.1, 0.15) is 5.75 Å². The van der Waals surface area contributed by atoms with Crippen LogP contribution in [0.15, 0.2) is 10.5 Å². The molecular formula is C14H20BrNO. The van der Waals surface area contributed by atoms with E-state index < -0.39 is 0 Å². The molecule has 0 heterocycles. The Balaban J connectivity index is 2.48. The first-order valence-electron chi connectivity index (χ1n) is 6.14. The second kappa shape index (κ2) is 4.29. The average Bonchev–Trinajstić information content (AvgIpc) is 2.97. The average molecular weight is 298 g/mol. The van der Waals surface area contributed by atoms with E-state index in [9.17, 15) is 5.11 Å². The highest BCUT2D eigenvalue weighted by Crippen LogP contribution is 2.42. The van der Waals surface area contributed by atoms with Gasteiger partial charge in [-0.05, 0) is 49.3 Å². The molecule has 0 spiro atoms. The first-order valence-corrected chi connectivity index (χ1v) is 6.93. The number of benzene rings is 1. The molecule has 0 unspecified atom stereocenters. The molecule has 0 bridgehead atoms. The van der Waals surface area contributed by atoms with Crippen molar-refractivity contribution in [3.05, 3.63) is 27.2 Å². The van der Waals surface area contributed by atoms with Crippen molar-refractivity contribution in [2.24, 2.45) is 5.73 Å². The largest absolute Gasteiger partial charge is 0.507 e. The SMILES string of the molecule is Cc1c(Br)cc(C(C)C)c(O)c1CC1(N)CC1. The third-order valence-corrected chi connectivity index (χ3v) is 4.52. The van der Waals surface area contributed by atoms with Crippen LogP contribution in [0.5, 0.6) is 5.75 Å². The highest BCUT2D eigenvalue weighted by atomic mass is 79.9. The van der Waals surface area contributed by atoms with E-state index in [2.05, 4.69) is 29.8 Å². The molecule has 3 N–H and O–H groups in total. The maximum Gasteiger partial charge on any atom is 0.122 e. The lowest BCUT2D eigenvalue weighted by atomic mass is 9.92. The van der Waals surface area contributed by atoms with Gasteiger partial charge in [0, 0.05) is 15.6 Å². The number of phenolic OH excluding ortho intramolecular Hbond substituents is 1. The number of hydrogen-bond donors (Lipinski definition) is 2. The Bertz CT molecular complexity index is 450. The van der Waals surface area contributed by atoms with Crippen LogP contribution in [-0.2, 0) is 6.42 Å². The van der Waals surface area contributed by atoms with E-state index in [1.165, 1.54) is 0 Å². The van der Waals surface area contributed by atoms with Crippen molar-refractivity contribution in [2.75, 3.05) is 0 Å². The van der Waals surface area contributed by atoms with E-state index in [0.29, 0.717) is 11.7 Å². The van der Waals surface area contributed by atoms with Crippen LogP contribution in [0.1, 0.15) is 49.3 Å². The van der Waals surface area contributed by atoms with Crippen LogP contribution in [0, 0.1) is 6.92 Å². The Morgan fingerprint density at radius 3 is 2.53 bits per heavy atom. The minimum atomic E-state index is -0.0721. The van der Waals surface area contributed by atoms with E-state index in [1.54, 1.807) is 0 Å². The molecule has 94 valence electrons. The lowest BCUT2D eigenvalue weighted by Gasteiger charge is -2.19. The Labute approximate surface area is 111 Å². The molecule has 2 rings (SSSR count). The van der Waals surface area contributed by atoms with Gasteiger partial charge in [-0.1, -0.05) is 29.8 Å². The third-order valence-electron chi connectivity index (χ3n) is 3.70. The normalized spacial score (nSPS) is 17.5. The summed E-state index contributed by atoms with van der Waals surface area (Å²) in [5.41, 5.74) is 9.23. The number of rotatable bonds is 3. The number of phenols is 1. The maximum atomic E-state index is 10.4. The molecule has 1 aliphatic carbocycles. The molecule has 2 nitrogen and oxygen atoms in total. The standard InChI is InChI=1S/C14H20BrNO/c1-8(2)10-6-12(15)9(3)11(13(10)17)7-14(16)4-5-14/h6,8,17H,4-5,7,16H2,1-3H3. The Hall–Kier alpha value is -0.540. The zero-order chi connectivity index (χ0) is 12.8. The number of halogens is 1. The summed E-state index contributed by atoms with van der Waals surface area (Å²) in [6.45, 7) is 6.22. The van der Waals surface area contributed by atoms with Crippen LogP contribution in [0.25, 0.3) is 0 Å². The second-order valence-electron chi connectivity index (χ2n) is 5.59. The predicted molar refractivity (Wildman–Crippen MR) is 74.5 cm³/mol. The summed E-state index contributed by atoms with van der Waals surface area (Å²) in [6.07, 6.45) is 2.91. The van der Waals surface area contributed by atoms with E-state index >= 15 is 0 Å². The van der Waals surface area contributed by atoms with Crippen LogP contribution >= 0.6 is 15.9 Å². The smallest absolute Gasteiger partial charge is 0.122 e. The summed E-state index contributed by atoms with van der Waals surface area (Å²) < 4.78 is 1.07. The van der Waals surface area contributed by atoms with Gasteiger partial charge in [0.05, 0.1) is 0 Å².